The zero-order valence-corrected chi connectivity index (χ0v) is 12.3. The highest BCUT2D eigenvalue weighted by Crippen LogP contribution is 2.39. The number of aliphatic hydroxyl groups is 2. The van der Waals surface area contributed by atoms with Crippen LogP contribution in [0.5, 0.6) is 0 Å². The molecule has 3 heterocycles. The summed E-state index contributed by atoms with van der Waals surface area (Å²) < 4.78 is 7.13. The summed E-state index contributed by atoms with van der Waals surface area (Å²) in [4.78, 5) is 22.2. The highest BCUT2D eigenvalue weighted by molar-refractivity contribution is 8.68. The Hall–Kier alpha value is -1.27. The number of aromatic amines is 1. The maximum atomic E-state index is 11.8. The van der Waals surface area contributed by atoms with Crippen molar-refractivity contribution >= 4 is 39.6 Å². The second kappa shape index (κ2) is 5.50. The number of hydrogen-bond acceptors (Lipinski definition) is 9. The van der Waals surface area contributed by atoms with Gasteiger partial charge in [0.15, 0.2) is 17.4 Å². The van der Waals surface area contributed by atoms with Crippen molar-refractivity contribution in [3.05, 3.63) is 16.7 Å². The SMILES string of the molecule is Nc1nc2c(ncn2[C@@H]2O[C@H](CO)[C@H](O)C2SS)c(=O)[nH]1. The molecule has 5 N–H and O–H groups in total. The summed E-state index contributed by atoms with van der Waals surface area (Å²) >= 11 is 4.13. The molecule has 2 aromatic rings. The molecule has 1 saturated heterocycles. The van der Waals surface area contributed by atoms with Gasteiger partial charge < -0.3 is 20.7 Å². The number of hydrogen-bond donors (Lipinski definition) is 5. The Labute approximate surface area is 127 Å². The van der Waals surface area contributed by atoms with Gasteiger partial charge in [-0.2, -0.15) is 4.98 Å². The van der Waals surface area contributed by atoms with Gasteiger partial charge in [0, 0.05) is 0 Å². The van der Waals surface area contributed by atoms with Gasteiger partial charge in [-0.05, 0) is 0 Å². The summed E-state index contributed by atoms with van der Waals surface area (Å²) in [7, 11) is 1.10. The Bertz CT molecular complexity index is 719. The van der Waals surface area contributed by atoms with Crippen LogP contribution in [0.2, 0.25) is 0 Å². The van der Waals surface area contributed by atoms with Crippen LogP contribution in [0, 0.1) is 0 Å². The number of aromatic nitrogens is 4. The molecule has 4 atom stereocenters. The third-order valence-corrected chi connectivity index (χ3v) is 4.82. The number of nitrogen functional groups attached to an aromatic ring is 1. The molecule has 1 aliphatic heterocycles. The predicted octanol–water partition coefficient (Wildman–Crippen LogP) is -1.10. The number of rotatable bonds is 3. The quantitative estimate of drug-likeness (QED) is 0.353. The van der Waals surface area contributed by atoms with Gasteiger partial charge in [0.2, 0.25) is 5.95 Å². The lowest BCUT2D eigenvalue weighted by molar-refractivity contribution is -0.0430. The Balaban J connectivity index is 2.10. The maximum absolute atomic E-state index is 11.8. The highest BCUT2D eigenvalue weighted by atomic mass is 33.1. The molecule has 21 heavy (non-hydrogen) atoms. The molecule has 11 heteroatoms. The molecule has 0 aliphatic carbocycles. The van der Waals surface area contributed by atoms with Crippen molar-refractivity contribution in [3.63, 3.8) is 0 Å². The fourth-order valence-electron chi connectivity index (χ4n) is 2.34. The van der Waals surface area contributed by atoms with E-state index >= 15 is 0 Å². The summed E-state index contributed by atoms with van der Waals surface area (Å²) in [6, 6.07) is 0. The van der Waals surface area contributed by atoms with Crippen LogP contribution in [0.15, 0.2) is 11.1 Å². The van der Waals surface area contributed by atoms with Crippen LogP contribution < -0.4 is 11.3 Å². The van der Waals surface area contributed by atoms with Gasteiger partial charge in [0.1, 0.15) is 6.10 Å². The van der Waals surface area contributed by atoms with E-state index in [1.54, 1.807) is 0 Å². The van der Waals surface area contributed by atoms with Crippen molar-refractivity contribution in [1.29, 1.82) is 0 Å². The summed E-state index contributed by atoms with van der Waals surface area (Å²) in [5, 5.41) is 18.9. The number of aliphatic hydroxyl groups excluding tert-OH is 2. The first-order chi connectivity index (χ1) is 10.1. The molecule has 0 aromatic carbocycles. The third kappa shape index (κ3) is 2.30. The average molecular weight is 331 g/mol. The van der Waals surface area contributed by atoms with Crippen molar-refractivity contribution in [2.75, 3.05) is 12.3 Å². The van der Waals surface area contributed by atoms with E-state index in [9.17, 15) is 15.0 Å². The number of thiol groups is 1. The molecule has 3 rings (SSSR count). The largest absolute Gasteiger partial charge is 0.394 e. The van der Waals surface area contributed by atoms with Crippen molar-refractivity contribution < 1.29 is 14.9 Å². The first kappa shape index (κ1) is 14.7. The molecule has 114 valence electrons. The van der Waals surface area contributed by atoms with Gasteiger partial charge in [0.25, 0.3) is 5.56 Å². The number of nitrogens with two attached hydrogens (primary N) is 1. The fraction of sp³-hybridized carbons (Fsp3) is 0.500. The van der Waals surface area contributed by atoms with Gasteiger partial charge >= 0.3 is 0 Å². The number of ether oxygens (including phenoxy) is 1. The number of H-pyrrole nitrogens is 1. The van der Waals surface area contributed by atoms with E-state index in [0.29, 0.717) is 0 Å². The van der Waals surface area contributed by atoms with Gasteiger partial charge in [-0.3, -0.25) is 14.3 Å². The van der Waals surface area contributed by atoms with Gasteiger partial charge in [0.05, 0.1) is 24.3 Å². The number of nitrogens with one attached hydrogen (secondary N) is 1. The zero-order valence-electron chi connectivity index (χ0n) is 10.6. The highest BCUT2D eigenvalue weighted by Gasteiger charge is 2.45. The Morgan fingerprint density at radius 3 is 3.05 bits per heavy atom. The normalized spacial score (nSPS) is 29.3. The summed E-state index contributed by atoms with van der Waals surface area (Å²) in [5.41, 5.74) is 5.46. The maximum Gasteiger partial charge on any atom is 0.280 e. The summed E-state index contributed by atoms with van der Waals surface area (Å²) in [6.45, 7) is -0.328. The first-order valence-electron chi connectivity index (χ1n) is 6.03. The van der Waals surface area contributed by atoms with E-state index in [0.717, 1.165) is 10.8 Å². The van der Waals surface area contributed by atoms with E-state index in [4.69, 9.17) is 10.5 Å². The third-order valence-electron chi connectivity index (χ3n) is 3.34. The molecule has 0 spiro atoms. The standard InChI is InChI=1S/C10H13N5O4S2/c11-10-13-7-4(8(18)14-10)12-2-15(7)9-6(21-20)5(17)3(1-16)19-9/h2-3,5-6,9,16-17,20H,1H2,(H3,11,13,14,18)/t3-,5+,6?,9-/m1/s1. The molecule has 1 unspecified atom stereocenters. The minimum Gasteiger partial charge on any atom is -0.394 e. The van der Waals surface area contributed by atoms with E-state index in [-0.39, 0.29) is 23.7 Å². The van der Waals surface area contributed by atoms with Crippen molar-refractivity contribution in [1.82, 2.24) is 19.5 Å². The number of anilines is 1. The monoisotopic (exact) mass is 331 g/mol. The second-order valence-corrected chi connectivity index (χ2v) is 5.97. The molecular weight excluding hydrogens is 318 g/mol. The summed E-state index contributed by atoms with van der Waals surface area (Å²) in [5.74, 6) is -0.0402. The predicted molar refractivity (Wildman–Crippen MR) is 79.9 cm³/mol. The molecule has 0 saturated carbocycles. The fourth-order valence-corrected chi connectivity index (χ4v) is 3.62. The topological polar surface area (TPSA) is 139 Å². The molecule has 9 nitrogen and oxygen atoms in total. The van der Waals surface area contributed by atoms with Crippen LogP contribution in [0.1, 0.15) is 6.23 Å². The van der Waals surface area contributed by atoms with Crippen molar-refractivity contribution in [2.45, 2.75) is 23.7 Å². The van der Waals surface area contributed by atoms with Crippen LogP contribution in [0.4, 0.5) is 5.95 Å². The molecule has 1 fully saturated rings. The lowest BCUT2D eigenvalue weighted by Crippen LogP contribution is -2.30. The minimum absolute atomic E-state index is 0.0402. The summed E-state index contributed by atoms with van der Waals surface area (Å²) in [6.07, 6.45) is -0.922. The number of fused-ring (bicyclic) bond motifs is 1. The van der Waals surface area contributed by atoms with Gasteiger partial charge in [-0.15, -0.1) is 11.7 Å². The molecule has 0 radical (unpaired) electrons. The van der Waals surface area contributed by atoms with Crippen molar-refractivity contribution in [2.24, 2.45) is 0 Å². The van der Waals surface area contributed by atoms with E-state index in [1.807, 2.05) is 0 Å². The minimum atomic E-state index is -0.903. The molecule has 0 amide bonds. The van der Waals surface area contributed by atoms with Crippen LogP contribution >= 0.6 is 22.5 Å². The van der Waals surface area contributed by atoms with E-state index in [2.05, 4.69) is 26.6 Å². The lowest BCUT2D eigenvalue weighted by Gasteiger charge is -2.18. The van der Waals surface area contributed by atoms with E-state index in [1.165, 1.54) is 10.9 Å². The Morgan fingerprint density at radius 2 is 2.38 bits per heavy atom. The molecular formula is C10H13N5O4S2. The van der Waals surface area contributed by atoms with E-state index < -0.39 is 29.2 Å². The van der Waals surface area contributed by atoms with Crippen LogP contribution in [0.25, 0.3) is 11.2 Å². The lowest BCUT2D eigenvalue weighted by atomic mass is 10.2. The molecule has 2 aromatic heterocycles. The second-order valence-electron chi connectivity index (χ2n) is 4.58. The molecule has 1 aliphatic rings. The smallest absolute Gasteiger partial charge is 0.280 e. The molecule has 0 bridgehead atoms. The number of nitrogens with zero attached hydrogens (tertiary/aromatic N) is 3. The van der Waals surface area contributed by atoms with Crippen LogP contribution in [0.3, 0.4) is 0 Å². The van der Waals surface area contributed by atoms with Gasteiger partial charge in [-0.1, -0.05) is 10.8 Å². The van der Waals surface area contributed by atoms with Gasteiger partial charge in [-0.25, -0.2) is 4.98 Å². The van der Waals surface area contributed by atoms with Crippen molar-refractivity contribution in [3.8, 4) is 0 Å². The van der Waals surface area contributed by atoms with Crippen LogP contribution in [-0.4, -0.2) is 53.8 Å². The Kier molecular flexibility index (Phi) is 3.84. The zero-order chi connectivity index (χ0) is 15.1. The Morgan fingerprint density at radius 1 is 1.62 bits per heavy atom. The number of imidazole rings is 1. The first-order valence-corrected chi connectivity index (χ1v) is 7.97. The van der Waals surface area contributed by atoms with Crippen LogP contribution in [-0.2, 0) is 4.74 Å². The average Bonchev–Trinajstić information content (AvgIpc) is 2.99.